The molecule has 2 atom stereocenters. The van der Waals surface area contributed by atoms with Crippen LogP contribution in [0.5, 0.6) is 0 Å². The fourth-order valence-corrected chi connectivity index (χ4v) is 4.45. The number of ether oxygens (including phenoxy) is 1. The monoisotopic (exact) mass is 403 g/mol. The zero-order valence-electron chi connectivity index (χ0n) is 17.3. The molecule has 3 aromatic rings. The first-order valence-corrected chi connectivity index (χ1v) is 9.87. The molecule has 1 aliphatic heterocycles. The maximum absolute atomic E-state index is 12.6. The van der Waals surface area contributed by atoms with E-state index in [9.17, 15) is 15.0 Å². The van der Waals surface area contributed by atoms with Crippen molar-refractivity contribution in [2.45, 2.75) is 31.5 Å². The second-order valence-corrected chi connectivity index (χ2v) is 8.10. The molecule has 154 valence electrons. The Balaban J connectivity index is 2.11. The van der Waals surface area contributed by atoms with Crippen LogP contribution in [0.1, 0.15) is 41.8 Å². The average Bonchev–Trinajstić information content (AvgIpc) is 2.73. The van der Waals surface area contributed by atoms with E-state index in [1.807, 2.05) is 65.6 Å². The Hall–Kier alpha value is -3.15. The lowest BCUT2D eigenvalue weighted by atomic mass is 9.77. The van der Waals surface area contributed by atoms with Gasteiger partial charge < -0.3 is 19.8 Å². The number of nitrogens with zero attached hydrogens (tertiary/aromatic N) is 1. The van der Waals surface area contributed by atoms with Crippen molar-refractivity contribution in [2.24, 2.45) is 0 Å². The zero-order valence-corrected chi connectivity index (χ0v) is 17.3. The summed E-state index contributed by atoms with van der Waals surface area (Å²) in [6, 6.07) is 22.2. The van der Waals surface area contributed by atoms with Crippen molar-refractivity contribution in [1.82, 2.24) is 0 Å². The standard InChI is InChI=1S/C25H25NO4/c1-24(28)16-25(2,29)19-12-6-9-15-22(19)26(21-14-8-5-11-18(21)24)20-13-7-4-10-17(20)23(27)30-3/h4-15,28-29H,16H2,1-3H3/t24-,25+. The van der Waals surface area contributed by atoms with E-state index in [1.54, 1.807) is 26.0 Å². The summed E-state index contributed by atoms with van der Waals surface area (Å²) in [4.78, 5) is 14.5. The summed E-state index contributed by atoms with van der Waals surface area (Å²) in [6.07, 6.45) is 0.126. The minimum atomic E-state index is -1.30. The number of para-hydroxylation sites is 3. The average molecular weight is 403 g/mol. The van der Waals surface area contributed by atoms with E-state index >= 15 is 0 Å². The maximum Gasteiger partial charge on any atom is 0.339 e. The number of carbonyl (C=O) groups is 1. The number of hydrogen-bond acceptors (Lipinski definition) is 5. The third-order valence-electron chi connectivity index (χ3n) is 5.69. The van der Waals surface area contributed by atoms with Gasteiger partial charge in [-0.15, -0.1) is 0 Å². The fourth-order valence-electron chi connectivity index (χ4n) is 4.45. The lowest BCUT2D eigenvalue weighted by Crippen LogP contribution is -2.38. The van der Waals surface area contributed by atoms with E-state index in [1.165, 1.54) is 7.11 Å². The number of benzene rings is 3. The molecule has 1 aliphatic rings. The van der Waals surface area contributed by atoms with Gasteiger partial charge in [0.15, 0.2) is 0 Å². The van der Waals surface area contributed by atoms with Crippen molar-refractivity contribution in [2.75, 3.05) is 12.0 Å². The number of rotatable bonds is 2. The number of aliphatic hydroxyl groups is 2. The summed E-state index contributed by atoms with van der Waals surface area (Å²) in [5.41, 5.74) is 1.21. The molecule has 0 bridgehead atoms. The van der Waals surface area contributed by atoms with E-state index in [-0.39, 0.29) is 6.42 Å². The molecular formula is C25H25NO4. The van der Waals surface area contributed by atoms with Crippen LogP contribution < -0.4 is 4.90 Å². The van der Waals surface area contributed by atoms with Crippen molar-refractivity contribution in [3.05, 3.63) is 89.5 Å². The lowest BCUT2D eigenvalue weighted by Gasteiger charge is -2.42. The quantitative estimate of drug-likeness (QED) is 0.604. The van der Waals surface area contributed by atoms with E-state index in [0.717, 1.165) is 11.4 Å². The minimum Gasteiger partial charge on any atom is -0.465 e. The number of methoxy groups -OCH3 is 1. The number of hydrogen-bond donors (Lipinski definition) is 2. The van der Waals surface area contributed by atoms with Crippen molar-refractivity contribution in [3.63, 3.8) is 0 Å². The second-order valence-electron chi connectivity index (χ2n) is 8.10. The Bertz CT molecular complexity index is 1050. The number of fused-ring (bicyclic) bond motifs is 2. The van der Waals surface area contributed by atoms with Crippen molar-refractivity contribution in [1.29, 1.82) is 0 Å². The van der Waals surface area contributed by atoms with Gasteiger partial charge in [0, 0.05) is 17.5 Å². The van der Waals surface area contributed by atoms with Gasteiger partial charge >= 0.3 is 5.97 Å². The van der Waals surface area contributed by atoms with Crippen LogP contribution in [0.25, 0.3) is 0 Å². The molecule has 3 aromatic carbocycles. The van der Waals surface area contributed by atoms with Crippen LogP contribution in [0, 0.1) is 0 Å². The molecule has 4 rings (SSSR count). The first-order valence-electron chi connectivity index (χ1n) is 9.87. The molecule has 2 N–H and O–H groups in total. The summed E-state index contributed by atoms with van der Waals surface area (Å²) in [5, 5.41) is 22.8. The SMILES string of the molecule is COC(=O)c1ccccc1N1c2ccccc2[C@@](C)(O)C[C@@](C)(O)c2ccccc21. The van der Waals surface area contributed by atoms with Crippen LogP contribution in [0.2, 0.25) is 0 Å². The maximum atomic E-state index is 12.6. The zero-order chi connectivity index (χ0) is 21.5. The number of esters is 1. The van der Waals surface area contributed by atoms with Gasteiger partial charge in [-0.1, -0.05) is 48.5 Å². The van der Waals surface area contributed by atoms with Crippen molar-refractivity contribution >= 4 is 23.0 Å². The van der Waals surface area contributed by atoms with Crippen LogP contribution in [-0.2, 0) is 15.9 Å². The molecule has 0 spiro atoms. The van der Waals surface area contributed by atoms with Crippen molar-refractivity contribution < 1.29 is 19.7 Å². The molecule has 5 heteroatoms. The minimum absolute atomic E-state index is 0.126. The molecule has 0 amide bonds. The van der Waals surface area contributed by atoms with Crippen LogP contribution in [0.15, 0.2) is 72.8 Å². The van der Waals surface area contributed by atoms with Crippen molar-refractivity contribution in [3.8, 4) is 0 Å². The topological polar surface area (TPSA) is 70.0 Å². The number of carbonyl (C=O) groups excluding carboxylic acids is 1. The van der Waals surface area contributed by atoms with Crippen LogP contribution >= 0.6 is 0 Å². The largest absolute Gasteiger partial charge is 0.465 e. The highest BCUT2D eigenvalue weighted by Gasteiger charge is 2.42. The predicted octanol–water partition coefficient (Wildman–Crippen LogP) is 4.76. The lowest BCUT2D eigenvalue weighted by molar-refractivity contribution is -0.0525. The van der Waals surface area contributed by atoms with Crippen LogP contribution in [0.4, 0.5) is 17.1 Å². The molecule has 0 saturated carbocycles. The molecular weight excluding hydrogens is 378 g/mol. The Labute approximate surface area is 176 Å². The third-order valence-corrected chi connectivity index (χ3v) is 5.69. The van der Waals surface area contributed by atoms with Gasteiger partial charge in [-0.05, 0) is 38.1 Å². The van der Waals surface area contributed by atoms with Gasteiger partial charge in [-0.25, -0.2) is 4.79 Å². The first kappa shape index (κ1) is 20.1. The van der Waals surface area contributed by atoms with Gasteiger partial charge in [0.2, 0.25) is 0 Å². The fraction of sp³-hybridized carbons (Fsp3) is 0.240. The molecule has 0 saturated heterocycles. The van der Waals surface area contributed by atoms with E-state index in [2.05, 4.69) is 0 Å². The molecule has 0 aromatic heterocycles. The normalized spacial score (nSPS) is 23.0. The Morgan fingerprint density at radius 1 is 0.800 bits per heavy atom. The summed E-state index contributed by atoms with van der Waals surface area (Å²) in [6.45, 7) is 3.41. The first-order chi connectivity index (χ1) is 14.3. The summed E-state index contributed by atoms with van der Waals surface area (Å²) >= 11 is 0. The molecule has 1 heterocycles. The van der Waals surface area contributed by atoms with Gasteiger partial charge in [0.25, 0.3) is 0 Å². The van der Waals surface area contributed by atoms with E-state index in [4.69, 9.17) is 4.74 Å². The van der Waals surface area contributed by atoms with Gasteiger partial charge in [-0.3, -0.25) is 0 Å². The van der Waals surface area contributed by atoms with E-state index in [0.29, 0.717) is 22.4 Å². The highest BCUT2D eigenvalue weighted by Crippen LogP contribution is 2.50. The van der Waals surface area contributed by atoms with Crippen LogP contribution in [-0.4, -0.2) is 23.3 Å². The smallest absolute Gasteiger partial charge is 0.339 e. The molecule has 0 unspecified atom stereocenters. The number of anilines is 3. The van der Waals surface area contributed by atoms with Gasteiger partial charge in [0.05, 0.1) is 40.9 Å². The highest BCUT2D eigenvalue weighted by atomic mass is 16.5. The van der Waals surface area contributed by atoms with E-state index < -0.39 is 17.2 Å². The molecule has 0 fully saturated rings. The summed E-state index contributed by atoms with van der Waals surface area (Å²) < 4.78 is 5.02. The second kappa shape index (κ2) is 7.27. The Kier molecular flexibility index (Phi) is 4.88. The van der Waals surface area contributed by atoms with Gasteiger partial charge in [0.1, 0.15) is 0 Å². The molecule has 0 radical (unpaired) electrons. The third kappa shape index (κ3) is 3.26. The Morgan fingerprint density at radius 3 is 1.73 bits per heavy atom. The predicted molar refractivity (Wildman–Crippen MR) is 116 cm³/mol. The highest BCUT2D eigenvalue weighted by molar-refractivity contribution is 5.99. The summed E-state index contributed by atoms with van der Waals surface area (Å²) in [5.74, 6) is -0.457. The summed E-state index contributed by atoms with van der Waals surface area (Å²) in [7, 11) is 1.35. The van der Waals surface area contributed by atoms with Gasteiger partial charge in [-0.2, -0.15) is 0 Å². The Morgan fingerprint density at radius 2 is 1.23 bits per heavy atom. The molecule has 30 heavy (non-hydrogen) atoms. The molecule has 5 nitrogen and oxygen atoms in total. The van der Waals surface area contributed by atoms with Crippen LogP contribution in [0.3, 0.4) is 0 Å². The molecule has 0 aliphatic carbocycles.